The molecule has 1 aromatic heterocycles. The van der Waals surface area contributed by atoms with E-state index >= 15 is 0 Å². The van der Waals surface area contributed by atoms with Gasteiger partial charge in [0.2, 0.25) is 5.43 Å². The molecule has 2 atom stereocenters. The Labute approximate surface area is 218 Å². The van der Waals surface area contributed by atoms with E-state index in [0.717, 1.165) is 22.9 Å². The van der Waals surface area contributed by atoms with Crippen molar-refractivity contribution in [2.75, 3.05) is 11.7 Å². The first-order chi connectivity index (χ1) is 17.5. The molecular weight excluding hydrogens is 531 g/mol. The zero-order valence-corrected chi connectivity index (χ0v) is 20.9. The number of carbonyl (C=O) groups is 1. The molecule has 3 aromatic rings. The number of rotatable bonds is 3. The number of aromatic hydroxyl groups is 1. The molecule has 7 nitrogen and oxygen atoms in total. The van der Waals surface area contributed by atoms with Gasteiger partial charge in [-0.25, -0.2) is 0 Å². The zero-order chi connectivity index (χ0) is 26.6. The first-order valence-electron chi connectivity index (χ1n) is 11.3. The third-order valence-corrected chi connectivity index (χ3v) is 8.17. The van der Waals surface area contributed by atoms with Gasteiger partial charge in [0.15, 0.2) is 11.4 Å². The van der Waals surface area contributed by atoms with Crippen LogP contribution in [-0.4, -0.2) is 44.6 Å². The lowest BCUT2D eigenvalue weighted by atomic mass is 9.94. The summed E-state index contributed by atoms with van der Waals surface area (Å²) in [5.41, 5.74) is 0.340. The van der Waals surface area contributed by atoms with E-state index in [4.69, 9.17) is 11.6 Å². The van der Waals surface area contributed by atoms with Crippen LogP contribution >= 0.6 is 23.4 Å². The average Bonchev–Trinajstić information content (AvgIpc) is 3.03. The Morgan fingerprint density at radius 3 is 2.59 bits per heavy atom. The van der Waals surface area contributed by atoms with E-state index in [0.29, 0.717) is 21.2 Å². The third kappa shape index (κ3) is 4.14. The minimum absolute atomic E-state index is 0.216. The lowest BCUT2D eigenvalue weighted by Crippen LogP contribution is -2.60. The normalized spacial score (nSPS) is 18.1. The molecule has 0 saturated heterocycles. The van der Waals surface area contributed by atoms with Gasteiger partial charge in [0, 0.05) is 33.0 Å². The number of fused-ring (bicyclic) bond motifs is 3. The summed E-state index contributed by atoms with van der Waals surface area (Å²) >= 11 is 8.23. The molecule has 2 N–H and O–H groups in total. The van der Waals surface area contributed by atoms with Gasteiger partial charge in [-0.05, 0) is 30.2 Å². The number of pyridine rings is 1. The predicted molar refractivity (Wildman–Crippen MR) is 132 cm³/mol. The summed E-state index contributed by atoms with van der Waals surface area (Å²) in [6.07, 6.45) is -3.58. The molecule has 12 heteroatoms. The van der Waals surface area contributed by atoms with Crippen LogP contribution in [0, 0.1) is 0 Å². The van der Waals surface area contributed by atoms with E-state index in [1.54, 1.807) is 30.0 Å². The first-order valence-corrected chi connectivity index (χ1v) is 12.6. The van der Waals surface area contributed by atoms with E-state index in [-0.39, 0.29) is 5.56 Å². The highest BCUT2D eigenvalue weighted by atomic mass is 35.5. The number of alkyl halides is 3. The van der Waals surface area contributed by atoms with Gasteiger partial charge in [0.05, 0.1) is 6.61 Å². The van der Waals surface area contributed by atoms with Crippen LogP contribution in [0.5, 0.6) is 5.75 Å². The number of thioether (sulfide) groups is 1. The van der Waals surface area contributed by atoms with Gasteiger partial charge in [-0.1, -0.05) is 41.9 Å². The Hall–Kier alpha value is -3.15. The molecule has 0 bridgehead atoms. The van der Waals surface area contributed by atoms with Gasteiger partial charge >= 0.3 is 6.18 Å². The van der Waals surface area contributed by atoms with E-state index in [2.05, 4.69) is 0 Å². The molecule has 3 heterocycles. The van der Waals surface area contributed by atoms with Crippen molar-refractivity contribution in [2.45, 2.75) is 42.4 Å². The average molecular weight is 552 g/mol. The summed E-state index contributed by atoms with van der Waals surface area (Å²) < 4.78 is 42.7. The minimum atomic E-state index is -4.77. The van der Waals surface area contributed by atoms with Crippen molar-refractivity contribution in [3.63, 3.8) is 0 Å². The number of hydrogen-bond acceptors (Lipinski definition) is 6. The highest BCUT2D eigenvalue weighted by Crippen LogP contribution is 2.45. The summed E-state index contributed by atoms with van der Waals surface area (Å²) in [4.78, 5) is 27.4. The number of aliphatic hydroxyl groups excluding tert-OH is 1. The lowest BCUT2D eigenvalue weighted by Gasteiger charge is -2.46. The Morgan fingerprint density at radius 1 is 1.16 bits per heavy atom. The van der Waals surface area contributed by atoms with E-state index in [1.807, 2.05) is 24.3 Å². The van der Waals surface area contributed by atoms with Gasteiger partial charge < -0.3 is 15.1 Å². The number of halogens is 4. The van der Waals surface area contributed by atoms with Crippen molar-refractivity contribution in [3.8, 4) is 5.75 Å². The van der Waals surface area contributed by atoms with Crippen LogP contribution < -0.4 is 10.4 Å². The van der Waals surface area contributed by atoms with Crippen LogP contribution in [0.3, 0.4) is 0 Å². The van der Waals surface area contributed by atoms with E-state index < -0.39 is 54.3 Å². The summed E-state index contributed by atoms with van der Waals surface area (Å²) in [6, 6.07) is 9.69. The molecule has 0 spiro atoms. The van der Waals surface area contributed by atoms with Crippen LogP contribution in [0.15, 0.2) is 58.4 Å². The Bertz CT molecular complexity index is 1460. The topological polar surface area (TPSA) is 86.0 Å². The summed E-state index contributed by atoms with van der Waals surface area (Å²) in [7, 11) is 0. The maximum atomic E-state index is 13.9. The number of amides is 1. The van der Waals surface area contributed by atoms with E-state index in [1.165, 1.54) is 15.9 Å². The van der Waals surface area contributed by atoms with Crippen LogP contribution in [0.25, 0.3) is 0 Å². The molecule has 1 amide bonds. The number of aromatic nitrogens is 1. The lowest BCUT2D eigenvalue weighted by molar-refractivity contribution is -0.173. The smallest absolute Gasteiger partial charge is 0.408 e. The summed E-state index contributed by atoms with van der Waals surface area (Å²) in [5, 5.41) is 22.3. The second-order valence-electron chi connectivity index (χ2n) is 8.80. The molecule has 0 radical (unpaired) electrons. The second kappa shape index (κ2) is 9.30. The van der Waals surface area contributed by atoms with Crippen molar-refractivity contribution in [1.29, 1.82) is 0 Å². The maximum absolute atomic E-state index is 13.9. The van der Waals surface area contributed by atoms with Crippen molar-refractivity contribution in [1.82, 2.24) is 9.58 Å². The predicted octanol–water partition coefficient (Wildman–Crippen LogP) is 4.40. The molecule has 0 aliphatic carbocycles. The molecule has 194 valence electrons. The number of nitrogens with zero attached hydrogens (tertiary/aromatic N) is 3. The van der Waals surface area contributed by atoms with Gasteiger partial charge in [0.1, 0.15) is 18.8 Å². The fourth-order valence-corrected chi connectivity index (χ4v) is 6.11. The monoisotopic (exact) mass is 551 g/mol. The maximum Gasteiger partial charge on any atom is 0.408 e. The van der Waals surface area contributed by atoms with E-state index in [9.17, 15) is 33.0 Å². The van der Waals surface area contributed by atoms with Gasteiger partial charge in [-0.15, -0.1) is 11.8 Å². The first kappa shape index (κ1) is 25.5. The Morgan fingerprint density at radius 2 is 1.89 bits per heavy atom. The molecule has 0 fully saturated rings. The molecule has 5 rings (SSSR count). The van der Waals surface area contributed by atoms with Crippen LogP contribution in [0.1, 0.15) is 45.7 Å². The molecule has 2 aliphatic heterocycles. The quantitative estimate of drug-likeness (QED) is 0.502. The fourth-order valence-electron chi connectivity index (χ4n) is 4.73. The third-order valence-electron chi connectivity index (χ3n) is 6.70. The Kier molecular flexibility index (Phi) is 6.41. The van der Waals surface area contributed by atoms with Crippen LogP contribution in [-0.2, 0) is 12.4 Å². The molecular formula is C25H21ClF3N3O4S. The minimum Gasteiger partial charge on any atom is -0.502 e. The number of carbonyl (C=O) groups excluding carboxylic acids is 1. The van der Waals surface area contributed by atoms with Gasteiger partial charge in [-0.3, -0.25) is 19.3 Å². The summed E-state index contributed by atoms with van der Waals surface area (Å²) in [6.45, 7) is -0.430. The molecule has 0 saturated carbocycles. The Balaban J connectivity index is 1.83. The SMILES string of the molecule is C[C@@H](N1CN([C@@H]2c3ccccc3SCc3cccc(Cl)c32)n2cc(CO)c(=O)c(O)c2C1=O)C(F)(F)F. The highest BCUT2D eigenvalue weighted by Gasteiger charge is 2.48. The highest BCUT2D eigenvalue weighted by molar-refractivity contribution is 7.98. The molecule has 0 unspecified atom stereocenters. The van der Waals surface area contributed by atoms with Crippen LogP contribution in [0.2, 0.25) is 5.02 Å². The largest absolute Gasteiger partial charge is 0.502 e. The fraction of sp³-hybridized carbons (Fsp3) is 0.280. The van der Waals surface area contributed by atoms with Crippen molar-refractivity contribution in [2.24, 2.45) is 0 Å². The second-order valence-corrected chi connectivity index (χ2v) is 10.2. The molecule has 2 aliphatic rings. The zero-order valence-electron chi connectivity index (χ0n) is 19.4. The van der Waals surface area contributed by atoms with Crippen LogP contribution in [0.4, 0.5) is 13.2 Å². The van der Waals surface area contributed by atoms with Crippen molar-refractivity contribution < 1.29 is 28.2 Å². The van der Waals surface area contributed by atoms with Crippen molar-refractivity contribution in [3.05, 3.63) is 91.9 Å². The molecule has 2 aromatic carbocycles. The van der Waals surface area contributed by atoms with Gasteiger partial charge in [0.25, 0.3) is 5.91 Å². The summed E-state index contributed by atoms with van der Waals surface area (Å²) in [5.74, 6) is -1.64. The van der Waals surface area contributed by atoms with Gasteiger partial charge in [-0.2, -0.15) is 13.2 Å². The molecule has 37 heavy (non-hydrogen) atoms. The number of aliphatic hydroxyl groups is 1. The number of benzene rings is 2. The standard InChI is InChI=1S/C25H21ClF3N3O4S/c1-13(25(27,28)29)30-12-32(31-9-15(10-33)22(34)23(35)21(31)24(30)36)20-16-6-2-3-8-18(16)37-11-14-5-4-7-17(26)19(14)20/h2-9,13,20,33,35H,10-12H2,1H3/t13-,20-/m1/s1. The van der Waals surface area contributed by atoms with Crippen molar-refractivity contribution >= 4 is 29.3 Å². The number of hydrogen-bond donors (Lipinski definition) is 2.